The molecular formula is C15H17N3O. The van der Waals surface area contributed by atoms with Crippen molar-refractivity contribution in [2.24, 2.45) is 0 Å². The summed E-state index contributed by atoms with van der Waals surface area (Å²) in [7, 11) is 2.07. The molecule has 0 unspecified atom stereocenters. The van der Waals surface area contributed by atoms with Crippen molar-refractivity contribution in [1.29, 1.82) is 0 Å². The molecule has 2 heterocycles. The summed E-state index contributed by atoms with van der Waals surface area (Å²) in [6, 6.07) is 12.2. The van der Waals surface area contributed by atoms with E-state index in [1.807, 2.05) is 36.4 Å². The smallest absolute Gasteiger partial charge is 0.121 e. The van der Waals surface area contributed by atoms with Crippen LogP contribution in [0.2, 0.25) is 0 Å². The molecule has 1 N–H and O–H groups in total. The average molecular weight is 255 g/mol. The lowest BCUT2D eigenvalue weighted by Crippen LogP contribution is -2.22. The summed E-state index contributed by atoms with van der Waals surface area (Å²) in [5, 5.41) is 0. The molecule has 2 aromatic heterocycles. The quantitative estimate of drug-likeness (QED) is 0.777. The van der Waals surface area contributed by atoms with Gasteiger partial charge in [-0.2, -0.15) is 0 Å². The molecule has 1 aromatic carbocycles. The highest BCUT2D eigenvalue weighted by atomic mass is 16.3. The van der Waals surface area contributed by atoms with Crippen LogP contribution in [0.25, 0.3) is 11.0 Å². The summed E-state index contributed by atoms with van der Waals surface area (Å²) in [6.45, 7) is 2.89. The van der Waals surface area contributed by atoms with Crippen LogP contribution in [-0.2, 0) is 6.54 Å². The molecule has 4 heteroatoms. The van der Waals surface area contributed by atoms with Gasteiger partial charge in [-0.1, -0.05) is 12.1 Å². The van der Waals surface area contributed by atoms with E-state index < -0.39 is 0 Å². The van der Waals surface area contributed by atoms with Crippen LogP contribution in [0.1, 0.15) is 24.6 Å². The Hall–Kier alpha value is -2.07. The third kappa shape index (κ3) is 2.39. The molecular weight excluding hydrogens is 238 g/mol. The number of hydrogen-bond donors (Lipinski definition) is 1. The molecule has 0 bridgehead atoms. The van der Waals surface area contributed by atoms with E-state index in [1.165, 1.54) is 0 Å². The summed E-state index contributed by atoms with van der Waals surface area (Å²) in [4.78, 5) is 10.1. The molecule has 0 saturated carbocycles. The zero-order valence-corrected chi connectivity index (χ0v) is 11.1. The van der Waals surface area contributed by atoms with Gasteiger partial charge >= 0.3 is 0 Å². The van der Waals surface area contributed by atoms with Gasteiger partial charge in [-0.3, -0.25) is 4.90 Å². The third-order valence-electron chi connectivity index (χ3n) is 3.45. The van der Waals surface area contributed by atoms with Crippen molar-refractivity contribution in [2.45, 2.75) is 19.5 Å². The Balaban J connectivity index is 1.77. The van der Waals surface area contributed by atoms with Crippen LogP contribution < -0.4 is 0 Å². The molecule has 3 aromatic rings. The first-order valence-corrected chi connectivity index (χ1v) is 6.41. The van der Waals surface area contributed by atoms with Crippen LogP contribution in [0.5, 0.6) is 0 Å². The van der Waals surface area contributed by atoms with E-state index in [1.54, 1.807) is 6.26 Å². The van der Waals surface area contributed by atoms with E-state index in [9.17, 15) is 0 Å². The second-order valence-electron chi connectivity index (χ2n) is 4.81. The molecule has 0 fully saturated rings. The number of nitrogens with one attached hydrogen (secondary N) is 1. The molecule has 3 rings (SSSR count). The zero-order chi connectivity index (χ0) is 13.2. The van der Waals surface area contributed by atoms with Gasteiger partial charge in [0.1, 0.15) is 11.6 Å². The third-order valence-corrected chi connectivity index (χ3v) is 3.45. The summed E-state index contributed by atoms with van der Waals surface area (Å²) in [5.41, 5.74) is 2.09. The van der Waals surface area contributed by atoms with Crippen molar-refractivity contribution in [1.82, 2.24) is 14.9 Å². The van der Waals surface area contributed by atoms with Gasteiger partial charge < -0.3 is 9.40 Å². The van der Waals surface area contributed by atoms with Crippen molar-refractivity contribution in [3.05, 3.63) is 54.2 Å². The fourth-order valence-electron chi connectivity index (χ4n) is 2.20. The number of fused-ring (bicyclic) bond motifs is 1. The number of H-pyrrole nitrogens is 1. The van der Waals surface area contributed by atoms with E-state index in [2.05, 4.69) is 28.8 Å². The number of aromatic amines is 1. The first-order chi connectivity index (χ1) is 9.24. The van der Waals surface area contributed by atoms with Gasteiger partial charge in [0.25, 0.3) is 0 Å². The molecule has 0 aliphatic rings. The van der Waals surface area contributed by atoms with Crippen LogP contribution in [0.15, 0.2) is 47.1 Å². The number of hydrogen-bond acceptors (Lipinski definition) is 3. The van der Waals surface area contributed by atoms with E-state index in [4.69, 9.17) is 4.42 Å². The van der Waals surface area contributed by atoms with Crippen molar-refractivity contribution < 1.29 is 4.42 Å². The van der Waals surface area contributed by atoms with Crippen LogP contribution in [0.3, 0.4) is 0 Å². The lowest BCUT2D eigenvalue weighted by molar-refractivity contribution is 0.219. The molecule has 0 aliphatic heterocycles. The number of benzene rings is 1. The van der Waals surface area contributed by atoms with Gasteiger partial charge in [0, 0.05) is 0 Å². The van der Waals surface area contributed by atoms with Gasteiger partial charge in [0.05, 0.1) is 29.9 Å². The van der Waals surface area contributed by atoms with Gasteiger partial charge in [-0.25, -0.2) is 4.98 Å². The average Bonchev–Trinajstić information content (AvgIpc) is 3.06. The van der Waals surface area contributed by atoms with Gasteiger partial charge in [-0.15, -0.1) is 0 Å². The Morgan fingerprint density at radius 3 is 2.84 bits per heavy atom. The number of para-hydroxylation sites is 2. The van der Waals surface area contributed by atoms with Crippen LogP contribution in [0, 0.1) is 0 Å². The Morgan fingerprint density at radius 2 is 2.11 bits per heavy atom. The van der Waals surface area contributed by atoms with E-state index >= 15 is 0 Å². The van der Waals surface area contributed by atoms with Crippen molar-refractivity contribution in [2.75, 3.05) is 7.05 Å². The maximum atomic E-state index is 5.44. The van der Waals surface area contributed by atoms with E-state index in [0.29, 0.717) is 0 Å². The SMILES string of the molecule is C[C@H](c1ccco1)N(C)Cc1nc2ccccc2[nH]1. The minimum absolute atomic E-state index is 0.225. The standard InChI is InChI=1S/C15H17N3O/c1-11(14-8-5-9-19-14)18(2)10-15-16-12-6-3-4-7-13(12)17-15/h3-9,11H,10H2,1-2H3,(H,16,17)/t11-/m1/s1. The first kappa shape index (κ1) is 12.0. The lowest BCUT2D eigenvalue weighted by atomic mass is 10.2. The Labute approximate surface area is 112 Å². The predicted molar refractivity (Wildman–Crippen MR) is 74.7 cm³/mol. The molecule has 0 aliphatic carbocycles. The maximum Gasteiger partial charge on any atom is 0.121 e. The topological polar surface area (TPSA) is 45.1 Å². The molecule has 0 radical (unpaired) electrons. The fraction of sp³-hybridized carbons (Fsp3) is 0.267. The monoisotopic (exact) mass is 255 g/mol. The predicted octanol–water partition coefficient (Wildman–Crippen LogP) is 3.35. The number of imidazole rings is 1. The maximum absolute atomic E-state index is 5.44. The number of nitrogens with zero attached hydrogens (tertiary/aromatic N) is 2. The Kier molecular flexibility index (Phi) is 3.09. The molecule has 98 valence electrons. The summed E-state index contributed by atoms with van der Waals surface area (Å²) in [6.07, 6.45) is 1.71. The summed E-state index contributed by atoms with van der Waals surface area (Å²) >= 11 is 0. The highest BCUT2D eigenvalue weighted by Crippen LogP contribution is 2.21. The first-order valence-electron chi connectivity index (χ1n) is 6.41. The zero-order valence-electron chi connectivity index (χ0n) is 11.1. The van der Waals surface area contributed by atoms with E-state index in [-0.39, 0.29) is 6.04 Å². The molecule has 0 amide bonds. The van der Waals surface area contributed by atoms with Gasteiger partial charge in [0.2, 0.25) is 0 Å². The largest absolute Gasteiger partial charge is 0.468 e. The summed E-state index contributed by atoms with van der Waals surface area (Å²) in [5.74, 6) is 1.95. The fourth-order valence-corrected chi connectivity index (χ4v) is 2.20. The minimum Gasteiger partial charge on any atom is -0.468 e. The second-order valence-corrected chi connectivity index (χ2v) is 4.81. The van der Waals surface area contributed by atoms with Gasteiger partial charge in [-0.05, 0) is 38.2 Å². The normalized spacial score (nSPS) is 13.2. The van der Waals surface area contributed by atoms with Crippen molar-refractivity contribution in [3.8, 4) is 0 Å². The molecule has 19 heavy (non-hydrogen) atoms. The Morgan fingerprint density at radius 1 is 1.26 bits per heavy atom. The van der Waals surface area contributed by atoms with Crippen molar-refractivity contribution in [3.63, 3.8) is 0 Å². The van der Waals surface area contributed by atoms with Crippen LogP contribution >= 0.6 is 0 Å². The van der Waals surface area contributed by atoms with Crippen LogP contribution in [0.4, 0.5) is 0 Å². The minimum atomic E-state index is 0.225. The van der Waals surface area contributed by atoms with Gasteiger partial charge in [0.15, 0.2) is 0 Å². The van der Waals surface area contributed by atoms with E-state index in [0.717, 1.165) is 29.2 Å². The number of rotatable bonds is 4. The molecule has 4 nitrogen and oxygen atoms in total. The number of furan rings is 1. The lowest BCUT2D eigenvalue weighted by Gasteiger charge is -2.21. The number of aromatic nitrogens is 2. The molecule has 1 atom stereocenters. The summed E-state index contributed by atoms with van der Waals surface area (Å²) < 4.78 is 5.44. The van der Waals surface area contributed by atoms with Crippen molar-refractivity contribution >= 4 is 11.0 Å². The molecule has 0 spiro atoms. The second kappa shape index (κ2) is 4.90. The highest BCUT2D eigenvalue weighted by molar-refractivity contribution is 5.74. The highest BCUT2D eigenvalue weighted by Gasteiger charge is 2.15. The Bertz CT molecular complexity index is 624. The molecule has 0 saturated heterocycles. The van der Waals surface area contributed by atoms with Crippen LogP contribution in [-0.4, -0.2) is 21.9 Å².